The van der Waals surface area contributed by atoms with Gasteiger partial charge in [-0.25, -0.2) is 4.39 Å². The Hall–Kier alpha value is -3.29. The summed E-state index contributed by atoms with van der Waals surface area (Å²) >= 11 is 0. The first-order chi connectivity index (χ1) is 16.4. The van der Waals surface area contributed by atoms with E-state index in [1.54, 1.807) is 18.3 Å². The molecule has 3 atom stereocenters. The molecule has 1 aromatic carbocycles. The minimum atomic E-state index is -0.886. The zero-order chi connectivity index (χ0) is 24.2. The predicted molar refractivity (Wildman–Crippen MR) is 130 cm³/mol. The SMILES string of the molecule is COC1=CC(/C=C2/C(C)=C(CC(=O)NCC3C=NC=CC3)c3cc(F)ccc32)=CC(OC)C1O. The van der Waals surface area contributed by atoms with Gasteiger partial charge in [-0.1, -0.05) is 12.1 Å². The summed E-state index contributed by atoms with van der Waals surface area (Å²) in [6, 6.07) is 4.64. The number of allylic oxidation sites excluding steroid dienone is 6. The summed E-state index contributed by atoms with van der Waals surface area (Å²) in [6.45, 7) is 2.45. The minimum absolute atomic E-state index is 0.116. The lowest BCUT2D eigenvalue weighted by Crippen LogP contribution is -2.31. The Morgan fingerprint density at radius 1 is 1.32 bits per heavy atom. The number of halogens is 1. The van der Waals surface area contributed by atoms with Crippen molar-refractivity contribution < 1.29 is 23.8 Å². The van der Waals surface area contributed by atoms with Crippen molar-refractivity contribution in [3.63, 3.8) is 0 Å². The molecule has 0 spiro atoms. The number of carbonyl (C=O) groups excluding carboxylic acids is 1. The molecule has 6 nitrogen and oxygen atoms in total. The highest BCUT2D eigenvalue weighted by Crippen LogP contribution is 2.43. The molecule has 1 aromatic rings. The zero-order valence-electron chi connectivity index (χ0n) is 19.5. The van der Waals surface area contributed by atoms with Crippen LogP contribution in [0.3, 0.4) is 0 Å². The van der Waals surface area contributed by atoms with Gasteiger partial charge in [-0.05, 0) is 77.1 Å². The number of aliphatic imine (C=N–C) groups is 1. The molecule has 0 radical (unpaired) electrons. The first-order valence-corrected chi connectivity index (χ1v) is 11.3. The maximum absolute atomic E-state index is 14.2. The van der Waals surface area contributed by atoms with E-state index < -0.39 is 12.2 Å². The minimum Gasteiger partial charge on any atom is -0.498 e. The van der Waals surface area contributed by atoms with E-state index in [0.717, 1.165) is 39.8 Å². The van der Waals surface area contributed by atoms with Crippen molar-refractivity contribution >= 4 is 23.3 Å². The van der Waals surface area contributed by atoms with Crippen LogP contribution in [0.1, 0.15) is 30.9 Å². The molecule has 2 N–H and O–H groups in total. The topological polar surface area (TPSA) is 80.2 Å². The van der Waals surface area contributed by atoms with Gasteiger partial charge >= 0.3 is 0 Å². The summed E-state index contributed by atoms with van der Waals surface area (Å²) in [6.07, 6.45) is 10.7. The fourth-order valence-corrected chi connectivity index (χ4v) is 4.49. The molecule has 7 heteroatoms. The predicted octanol–water partition coefficient (Wildman–Crippen LogP) is 3.95. The number of fused-ring (bicyclic) bond motifs is 1. The number of carbonyl (C=O) groups is 1. The average Bonchev–Trinajstić information content (AvgIpc) is 3.09. The fourth-order valence-electron chi connectivity index (χ4n) is 4.49. The van der Waals surface area contributed by atoms with Crippen molar-refractivity contribution in [2.24, 2.45) is 10.9 Å². The maximum Gasteiger partial charge on any atom is 0.224 e. The lowest BCUT2D eigenvalue weighted by Gasteiger charge is -2.25. The van der Waals surface area contributed by atoms with Crippen LogP contribution in [0.25, 0.3) is 11.1 Å². The number of nitrogens with zero attached hydrogens (tertiary/aromatic N) is 1. The molecule has 1 amide bonds. The van der Waals surface area contributed by atoms with E-state index in [1.807, 2.05) is 31.4 Å². The second-order valence-corrected chi connectivity index (χ2v) is 8.57. The Morgan fingerprint density at radius 3 is 2.85 bits per heavy atom. The first kappa shape index (κ1) is 23.9. The number of methoxy groups -OCH3 is 2. The summed E-state index contributed by atoms with van der Waals surface area (Å²) in [5.74, 6) is 0.115. The van der Waals surface area contributed by atoms with Crippen LogP contribution in [0, 0.1) is 11.7 Å². The Bertz CT molecular complexity index is 1160. The molecule has 4 rings (SSSR count). The molecule has 0 fully saturated rings. The lowest BCUT2D eigenvalue weighted by molar-refractivity contribution is -0.120. The van der Waals surface area contributed by atoms with E-state index in [-0.39, 0.29) is 24.1 Å². The van der Waals surface area contributed by atoms with Gasteiger partial charge in [0.15, 0.2) is 0 Å². The Morgan fingerprint density at radius 2 is 2.15 bits per heavy atom. The van der Waals surface area contributed by atoms with Crippen LogP contribution in [-0.2, 0) is 14.3 Å². The van der Waals surface area contributed by atoms with Crippen LogP contribution in [-0.4, -0.2) is 50.2 Å². The molecule has 1 heterocycles. The third kappa shape index (κ3) is 4.95. The summed E-state index contributed by atoms with van der Waals surface area (Å²) in [5, 5.41) is 13.3. The molecule has 0 saturated carbocycles. The summed E-state index contributed by atoms with van der Waals surface area (Å²) < 4.78 is 24.9. The Labute approximate surface area is 198 Å². The smallest absolute Gasteiger partial charge is 0.224 e. The number of amides is 1. The van der Waals surface area contributed by atoms with Gasteiger partial charge in [0.2, 0.25) is 5.91 Å². The molecular weight excluding hydrogens is 435 g/mol. The summed E-state index contributed by atoms with van der Waals surface area (Å²) in [4.78, 5) is 16.9. The van der Waals surface area contributed by atoms with Crippen LogP contribution < -0.4 is 5.32 Å². The molecule has 0 bridgehead atoms. The van der Waals surface area contributed by atoms with Crippen LogP contribution in [0.5, 0.6) is 0 Å². The average molecular weight is 465 g/mol. The van der Waals surface area contributed by atoms with E-state index in [9.17, 15) is 14.3 Å². The number of nitrogens with one attached hydrogen (secondary N) is 1. The van der Waals surface area contributed by atoms with Crippen molar-refractivity contribution in [1.82, 2.24) is 5.32 Å². The number of rotatable bonds is 7. The van der Waals surface area contributed by atoms with Crippen molar-refractivity contribution in [2.75, 3.05) is 20.8 Å². The third-order valence-corrected chi connectivity index (χ3v) is 6.37. The van der Waals surface area contributed by atoms with Gasteiger partial charge in [0, 0.05) is 32.0 Å². The normalized spacial score (nSPS) is 24.7. The Balaban J connectivity index is 1.62. The van der Waals surface area contributed by atoms with Gasteiger partial charge in [0.05, 0.1) is 13.5 Å². The van der Waals surface area contributed by atoms with E-state index in [1.165, 1.54) is 26.4 Å². The van der Waals surface area contributed by atoms with Crippen LogP contribution in [0.15, 0.2) is 70.6 Å². The van der Waals surface area contributed by atoms with Crippen molar-refractivity contribution in [3.8, 4) is 0 Å². The number of aliphatic hydroxyl groups is 1. The number of aliphatic hydroxyl groups excluding tert-OH is 1. The summed E-state index contributed by atoms with van der Waals surface area (Å²) in [5.41, 5.74) is 4.98. The fraction of sp³-hybridized carbons (Fsp3) is 0.333. The van der Waals surface area contributed by atoms with E-state index in [2.05, 4.69) is 10.3 Å². The standard InChI is InChI=1S/C27H29FN2O4/c1-16-21(9-18-10-24(33-2)27(32)25(11-18)34-3)20-7-6-19(28)12-23(20)22(16)13-26(31)30-15-17-5-4-8-29-14-17/h4,6-12,14,17,24,27,32H,5,13,15H2,1-3H3,(H,30,31)/b21-9-. The molecule has 0 saturated heterocycles. The molecule has 0 aromatic heterocycles. The number of hydrogen-bond acceptors (Lipinski definition) is 5. The van der Waals surface area contributed by atoms with Crippen molar-refractivity contribution in [1.29, 1.82) is 0 Å². The molecule has 1 aliphatic heterocycles. The van der Waals surface area contributed by atoms with E-state index in [4.69, 9.17) is 9.47 Å². The first-order valence-electron chi connectivity index (χ1n) is 11.3. The van der Waals surface area contributed by atoms with E-state index >= 15 is 0 Å². The second kappa shape index (κ2) is 10.3. The maximum atomic E-state index is 14.2. The molecule has 2 aliphatic carbocycles. The van der Waals surface area contributed by atoms with Crippen LogP contribution in [0.4, 0.5) is 4.39 Å². The molecular formula is C27H29FN2O4. The van der Waals surface area contributed by atoms with Gasteiger partial charge < -0.3 is 19.9 Å². The quantitative estimate of drug-likeness (QED) is 0.640. The molecule has 178 valence electrons. The highest BCUT2D eigenvalue weighted by atomic mass is 19.1. The number of ether oxygens (including phenoxy) is 2. The zero-order valence-corrected chi connectivity index (χ0v) is 19.5. The Kier molecular flexibility index (Phi) is 7.24. The van der Waals surface area contributed by atoms with Crippen molar-refractivity contribution in [2.45, 2.75) is 32.0 Å². The van der Waals surface area contributed by atoms with Crippen LogP contribution in [0.2, 0.25) is 0 Å². The second-order valence-electron chi connectivity index (χ2n) is 8.57. The van der Waals surface area contributed by atoms with Gasteiger partial charge in [-0.15, -0.1) is 0 Å². The monoisotopic (exact) mass is 464 g/mol. The third-order valence-electron chi connectivity index (χ3n) is 6.37. The van der Waals surface area contributed by atoms with Gasteiger partial charge in [-0.3, -0.25) is 9.79 Å². The van der Waals surface area contributed by atoms with Gasteiger partial charge in [0.1, 0.15) is 23.8 Å². The lowest BCUT2D eigenvalue weighted by atomic mass is 9.95. The van der Waals surface area contributed by atoms with Gasteiger partial charge in [-0.2, -0.15) is 0 Å². The van der Waals surface area contributed by atoms with Crippen LogP contribution >= 0.6 is 0 Å². The summed E-state index contributed by atoms with van der Waals surface area (Å²) in [7, 11) is 3.03. The van der Waals surface area contributed by atoms with E-state index in [0.29, 0.717) is 12.3 Å². The number of hydrogen-bond donors (Lipinski definition) is 2. The largest absolute Gasteiger partial charge is 0.498 e. The molecule has 34 heavy (non-hydrogen) atoms. The van der Waals surface area contributed by atoms with Crippen molar-refractivity contribution in [3.05, 3.63) is 82.6 Å². The van der Waals surface area contributed by atoms with Gasteiger partial charge in [0.25, 0.3) is 0 Å². The number of benzene rings is 1. The molecule has 3 aliphatic rings. The molecule has 3 unspecified atom stereocenters. The highest BCUT2D eigenvalue weighted by Gasteiger charge is 2.29. The highest BCUT2D eigenvalue weighted by molar-refractivity contribution is 6.04.